The van der Waals surface area contributed by atoms with Crippen LogP contribution in [0.3, 0.4) is 0 Å². The summed E-state index contributed by atoms with van der Waals surface area (Å²) in [6.07, 6.45) is -3.86. The second kappa shape index (κ2) is 6.28. The minimum atomic E-state index is -4.67. The van der Waals surface area contributed by atoms with E-state index >= 15 is 0 Å². The van der Waals surface area contributed by atoms with Crippen molar-refractivity contribution in [3.05, 3.63) is 23.6 Å². The molecule has 0 aromatic carbocycles. The van der Waals surface area contributed by atoms with Gasteiger partial charge in [-0.3, -0.25) is 0 Å². The number of carbonyl (C=O) groups excluding carboxylic acids is 1. The van der Waals surface area contributed by atoms with E-state index in [0.29, 0.717) is 31.6 Å². The molecule has 5 nitrogen and oxygen atoms in total. The van der Waals surface area contributed by atoms with Crippen LogP contribution in [-0.4, -0.2) is 40.3 Å². The van der Waals surface area contributed by atoms with Gasteiger partial charge in [-0.05, 0) is 45.6 Å². The van der Waals surface area contributed by atoms with E-state index in [1.54, 1.807) is 25.7 Å². The summed E-state index contributed by atoms with van der Waals surface area (Å²) in [6, 6.07) is 0.0552. The smallest absolute Gasteiger partial charge is 0.417 e. The van der Waals surface area contributed by atoms with Crippen molar-refractivity contribution in [2.24, 2.45) is 5.92 Å². The second-order valence-electron chi connectivity index (χ2n) is 7.70. The number of aromatic nitrogens is 1. The molecular weight excluding hydrogens is 356 g/mol. The number of likely N-dealkylation sites (tertiary alicyclic amines) is 1. The maximum absolute atomic E-state index is 14.0. The third kappa shape index (κ3) is 3.86. The van der Waals surface area contributed by atoms with Gasteiger partial charge in [0.1, 0.15) is 11.7 Å². The van der Waals surface area contributed by atoms with Crippen molar-refractivity contribution in [3.63, 3.8) is 0 Å². The number of amides is 1. The van der Waals surface area contributed by atoms with Gasteiger partial charge >= 0.3 is 12.3 Å². The Morgan fingerprint density at radius 1 is 1.27 bits per heavy atom. The molecule has 1 aromatic rings. The molecule has 1 aromatic heterocycles. The fourth-order valence-corrected chi connectivity index (χ4v) is 3.43. The van der Waals surface area contributed by atoms with Gasteiger partial charge in [-0.25, -0.2) is 14.2 Å². The Hall–Kier alpha value is -2.06. The Labute approximate surface area is 148 Å². The van der Waals surface area contributed by atoms with Crippen molar-refractivity contribution in [1.29, 1.82) is 0 Å². The van der Waals surface area contributed by atoms with Crippen LogP contribution in [0, 0.1) is 11.7 Å². The van der Waals surface area contributed by atoms with Crippen molar-refractivity contribution < 1.29 is 31.8 Å². The first-order chi connectivity index (χ1) is 11.9. The first-order valence-electron chi connectivity index (χ1n) is 8.33. The van der Waals surface area contributed by atoms with Crippen LogP contribution >= 0.6 is 0 Å². The molecule has 1 saturated carbocycles. The number of hydrogen-bond acceptors (Lipinski definition) is 4. The van der Waals surface area contributed by atoms with E-state index in [4.69, 9.17) is 9.47 Å². The summed E-state index contributed by atoms with van der Waals surface area (Å²) >= 11 is 0. The van der Waals surface area contributed by atoms with Gasteiger partial charge in [-0.15, -0.1) is 0 Å². The topological polar surface area (TPSA) is 51.7 Å². The molecule has 1 amide bonds. The quantitative estimate of drug-likeness (QED) is 0.732. The first-order valence-corrected chi connectivity index (χ1v) is 8.33. The van der Waals surface area contributed by atoms with Crippen molar-refractivity contribution >= 4 is 6.09 Å². The van der Waals surface area contributed by atoms with E-state index in [2.05, 4.69) is 4.98 Å². The summed E-state index contributed by atoms with van der Waals surface area (Å²) in [4.78, 5) is 17.3. The lowest BCUT2D eigenvalue weighted by Crippen LogP contribution is -2.48. The number of piperidine rings is 1. The molecule has 9 heteroatoms. The number of ether oxygens (including phenoxy) is 2. The van der Waals surface area contributed by atoms with Crippen molar-refractivity contribution in [2.75, 3.05) is 6.54 Å². The number of hydrogen-bond donors (Lipinski definition) is 0. The number of carbonyl (C=O) groups is 1. The predicted molar refractivity (Wildman–Crippen MR) is 83.1 cm³/mol. The highest BCUT2D eigenvalue weighted by Gasteiger charge is 2.49. The van der Waals surface area contributed by atoms with Crippen LogP contribution in [0.25, 0.3) is 0 Å². The zero-order valence-electron chi connectivity index (χ0n) is 14.6. The van der Waals surface area contributed by atoms with Crippen LogP contribution in [0.2, 0.25) is 0 Å². The maximum Gasteiger partial charge on any atom is 0.417 e. The molecule has 2 fully saturated rings. The molecule has 3 atom stereocenters. The molecule has 2 heterocycles. The highest BCUT2D eigenvalue weighted by atomic mass is 19.4. The molecule has 0 N–H and O–H groups in total. The molecule has 0 unspecified atom stereocenters. The van der Waals surface area contributed by atoms with Crippen LogP contribution in [-0.2, 0) is 10.9 Å². The van der Waals surface area contributed by atoms with Gasteiger partial charge in [0, 0.05) is 12.7 Å². The van der Waals surface area contributed by atoms with Gasteiger partial charge in [0.25, 0.3) is 5.88 Å². The van der Waals surface area contributed by atoms with E-state index in [0.717, 1.165) is 0 Å². The number of nitrogens with zero attached hydrogens (tertiary/aromatic N) is 2. The molecule has 2 bridgehead atoms. The zero-order valence-corrected chi connectivity index (χ0v) is 14.6. The van der Waals surface area contributed by atoms with Gasteiger partial charge < -0.3 is 14.4 Å². The standard InChI is InChI=1S/C17H20F4N2O3/c1-16(2,3)26-15(24)23-8-9-4-12(23)13(5-9)25-14-11(18)6-10(7-22-14)17(19,20)21/h6-7,9,12-13H,4-5,8H2,1-3H3/t9-,12+,13-/m1/s1. The van der Waals surface area contributed by atoms with E-state index in [1.165, 1.54) is 0 Å². The lowest BCUT2D eigenvalue weighted by Gasteiger charge is -2.34. The minimum Gasteiger partial charge on any atom is -0.470 e. The van der Waals surface area contributed by atoms with Crippen LogP contribution in [0.15, 0.2) is 12.3 Å². The van der Waals surface area contributed by atoms with Gasteiger partial charge in [-0.1, -0.05) is 0 Å². The average molecular weight is 376 g/mol. The van der Waals surface area contributed by atoms with Crippen LogP contribution in [0.4, 0.5) is 22.4 Å². The fourth-order valence-electron chi connectivity index (χ4n) is 3.43. The first kappa shape index (κ1) is 18.7. The maximum atomic E-state index is 14.0. The molecule has 0 spiro atoms. The molecule has 26 heavy (non-hydrogen) atoms. The third-order valence-corrected chi connectivity index (χ3v) is 4.45. The number of fused-ring (bicyclic) bond motifs is 2. The van der Waals surface area contributed by atoms with Crippen molar-refractivity contribution in [1.82, 2.24) is 9.88 Å². The fraction of sp³-hybridized carbons (Fsp3) is 0.647. The van der Waals surface area contributed by atoms with Gasteiger partial charge in [0.15, 0.2) is 5.82 Å². The molecule has 1 saturated heterocycles. The monoisotopic (exact) mass is 376 g/mol. The average Bonchev–Trinajstić information content (AvgIpc) is 3.06. The molecule has 0 radical (unpaired) electrons. The Morgan fingerprint density at radius 2 is 1.96 bits per heavy atom. The lowest BCUT2D eigenvalue weighted by molar-refractivity contribution is -0.138. The summed E-state index contributed by atoms with van der Waals surface area (Å²) < 4.78 is 62.6. The number of rotatable bonds is 2. The van der Waals surface area contributed by atoms with E-state index < -0.39 is 41.2 Å². The van der Waals surface area contributed by atoms with Crippen LogP contribution in [0.5, 0.6) is 5.88 Å². The molecule has 2 aliphatic rings. The van der Waals surface area contributed by atoms with E-state index in [9.17, 15) is 22.4 Å². The molecular formula is C17H20F4N2O3. The summed E-state index contributed by atoms with van der Waals surface area (Å²) in [7, 11) is 0. The highest BCUT2D eigenvalue weighted by molar-refractivity contribution is 5.69. The molecule has 1 aliphatic heterocycles. The summed E-state index contributed by atoms with van der Waals surface area (Å²) in [5, 5.41) is 0. The van der Waals surface area contributed by atoms with Gasteiger partial charge in [0.05, 0.1) is 11.6 Å². The third-order valence-electron chi connectivity index (χ3n) is 4.45. The molecule has 3 rings (SSSR count). The minimum absolute atomic E-state index is 0.190. The molecule has 144 valence electrons. The number of pyridine rings is 1. The Bertz CT molecular complexity index is 702. The van der Waals surface area contributed by atoms with Crippen LogP contribution in [0.1, 0.15) is 39.2 Å². The number of halogens is 4. The van der Waals surface area contributed by atoms with E-state index in [1.807, 2.05) is 0 Å². The van der Waals surface area contributed by atoms with Crippen molar-refractivity contribution in [2.45, 2.75) is 57.5 Å². The SMILES string of the molecule is CC(C)(C)OC(=O)N1C[C@H]2C[C@@H](Oc3ncc(C(F)(F)F)cc3F)[C@@H]1C2. The van der Waals surface area contributed by atoms with Gasteiger partial charge in [0.2, 0.25) is 0 Å². The molecule has 1 aliphatic carbocycles. The normalized spacial score (nSPS) is 25.5. The summed E-state index contributed by atoms with van der Waals surface area (Å²) in [5.74, 6) is -1.47. The highest BCUT2D eigenvalue weighted by Crippen LogP contribution is 2.41. The predicted octanol–water partition coefficient (Wildman–Crippen LogP) is 4.02. The van der Waals surface area contributed by atoms with Gasteiger partial charge in [-0.2, -0.15) is 13.2 Å². The number of alkyl halides is 3. The lowest BCUT2D eigenvalue weighted by atomic mass is 10.1. The summed E-state index contributed by atoms with van der Waals surface area (Å²) in [6.45, 7) is 5.81. The Morgan fingerprint density at radius 3 is 2.50 bits per heavy atom. The zero-order chi connectivity index (χ0) is 19.3. The van der Waals surface area contributed by atoms with Crippen LogP contribution < -0.4 is 4.74 Å². The Kier molecular flexibility index (Phi) is 4.52. The van der Waals surface area contributed by atoms with Crippen molar-refractivity contribution in [3.8, 4) is 5.88 Å². The van der Waals surface area contributed by atoms with E-state index in [-0.39, 0.29) is 12.0 Å². The largest absolute Gasteiger partial charge is 0.470 e. The second-order valence-corrected chi connectivity index (χ2v) is 7.70. The summed E-state index contributed by atoms with van der Waals surface area (Å²) in [5.41, 5.74) is -1.82. The Balaban J connectivity index is 1.71.